The third-order valence-corrected chi connectivity index (χ3v) is 5.40. The average Bonchev–Trinajstić information content (AvgIpc) is 2.58. The molecule has 0 aromatic heterocycles. The van der Waals surface area contributed by atoms with Gasteiger partial charge in [0.2, 0.25) is 0 Å². The molecular formula is C15H21BrN2. The van der Waals surface area contributed by atoms with Gasteiger partial charge in [-0.05, 0) is 49.8 Å². The zero-order valence-corrected chi connectivity index (χ0v) is 12.5. The molecule has 0 radical (unpaired) electrons. The zero-order chi connectivity index (χ0) is 12.7. The first kappa shape index (κ1) is 12.6. The van der Waals surface area contributed by atoms with Crippen molar-refractivity contribution in [2.75, 3.05) is 0 Å². The van der Waals surface area contributed by atoms with Crippen molar-refractivity contribution in [2.45, 2.75) is 57.3 Å². The van der Waals surface area contributed by atoms with E-state index in [9.17, 15) is 0 Å². The monoisotopic (exact) mass is 308 g/mol. The van der Waals surface area contributed by atoms with E-state index >= 15 is 0 Å². The fourth-order valence-electron chi connectivity index (χ4n) is 3.59. The molecule has 0 amide bonds. The van der Waals surface area contributed by atoms with E-state index in [2.05, 4.69) is 46.0 Å². The van der Waals surface area contributed by atoms with E-state index < -0.39 is 0 Å². The highest BCUT2D eigenvalue weighted by Crippen LogP contribution is 2.36. The van der Waals surface area contributed by atoms with E-state index in [0.29, 0.717) is 6.04 Å². The number of aryl methyl sites for hydroxylation is 1. The summed E-state index contributed by atoms with van der Waals surface area (Å²) in [6, 6.07) is 8.60. The maximum atomic E-state index is 6.12. The minimum absolute atomic E-state index is 0.436. The van der Waals surface area contributed by atoms with Crippen LogP contribution in [0.5, 0.6) is 0 Å². The number of nitrogens with two attached hydrogens (primary N) is 1. The van der Waals surface area contributed by atoms with Gasteiger partial charge in [-0.2, -0.15) is 0 Å². The van der Waals surface area contributed by atoms with Gasteiger partial charge >= 0.3 is 0 Å². The number of fused-ring (bicyclic) bond motifs is 2. The lowest BCUT2D eigenvalue weighted by Gasteiger charge is -2.37. The second-order valence-corrected chi connectivity index (χ2v) is 6.73. The number of benzene rings is 1. The van der Waals surface area contributed by atoms with Gasteiger partial charge in [-0.15, -0.1) is 0 Å². The fraction of sp³-hybridized carbons (Fsp3) is 0.600. The lowest BCUT2D eigenvalue weighted by atomic mass is 9.97. The van der Waals surface area contributed by atoms with Gasteiger partial charge in [-0.1, -0.05) is 28.1 Å². The first-order valence-corrected chi connectivity index (χ1v) is 7.69. The SMILES string of the molecule is Cc1cc(CN2C3CCC2CC(N)C3)ccc1Br. The summed E-state index contributed by atoms with van der Waals surface area (Å²) in [5.41, 5.74) is 8.88. The molecule has 2 N–H and O–H groups in total. The Balaban J connectivity index is 1.75. The van der Waals surface area contributed by atoms with Gasteiger partial charge in [0.15, 0.2) is 0 Å². The van der Waals surface area contributed by atoms with Crippen molar-refractivity contribution < 1.29 is 0 Å². The minimum atomic E-state index is 0.436. The van der Waals surface area contributed by atoms with Crippen LogP contribution in [0.3, 0.4) is 0 Å². The highest BCUT2D eigenvalue weighted by atomic mass is 79.9. The van der Waals surface area contributed by atoms with E-state index in [1.807, 2.05) is 0 Å². The number of piperidine rings is 1. The molecule has 1 aromatic carbocycles. The van der Waals surface area contributed by atoms with Crippen molar-refractivity contribution in [3.8, 4) is 0 Å². The molecule has 18 heavy (non-hydrogen) atoms. The van der Waals surface area contributed by atoms with E-state index in [0.717, 1.165) is 18.6 Å². The van der Waals surface area contributed by atoms with E-state index in [4.69, 9.17) is 5.73 Å². The van der Waals surface area contributed by atoms with Crippen LogP contribution in [0.2, 0.25) is 0 Å². The summed E-state index contributed by atoms with van der Waals surface area (Å²) >= 11 is 3.57. The lowest BCUT2D eigenvalue weighted by Crippen LogP contribution is -2.46. The van der Waals surface area contributed by atoms with Gasteiger partial charge in [0.05, 0.1) is 0 Å². The molecule has 2 saturated heterocycles. The number of hydrogen-bond donors (Lipinski definition) is 1. The molecule has 0 saturated carbocycles. The van der Waals surface area contributed by atoms with Crippen LogP contribution < -0.4 is 5.73 Å². The third-order valence-electron chi connectivity index (χ3n) is 4.51. The van der Waals surface area contributed by atoms with Gasteiger partial charge in [0.25, 0.3) is 0 Å². The maximum absolute atomic E-state index is 6.12. The quantitative estimate of drug-likeness (QED) is 0.909. The minimum Gasteiger partial charge on any atom is -0.328 e. The van der Waals surface area contributed by atoms with Gasteiger partial charge in [0, 0.05) is 29.1 Å². The van der Waals surface area contributed by atoms with E-state index in [1.165, 1.54) is 41.3 Å². The molecule has 2 bridgehead atoms. The second-order valence-electron chi connectivity index (χ2n) is 5.87. The largest absolute Gasteiger partial charge is 0.328 e. The van der Waals surface area contributed by atoms with Crippen LogP contribution in [-0.2, 0) is 6.54 Å². The molecule has 1 aromatic rings. The van der Waals surface area contributed by atoms with Crippen LogP contribution in [0.4, 0.5) is 0 Å². The van der Waals surface area contributed by atoms with Crippen LogP contribution in [-0.4, -0.2) is 23.0 Å². The van der Waals surface area contributed by atoms with Crippen LogP contribution in [0.15, 0.2) is 22.7 Å². The van der Waals surface area contributed by atoms with Crippen LogP contribution in [0, 0.1) is 6.92 Å². The Morgan fingerprint density at radius 3 is 2.56 bits per heavy atom. The van der Waals surface area contributed by atoms with Crippen LogP contribution in [0.25, 0.3) is 0 Å². The number of rotatable bonds is 2. The van der Waals surface area contributed by atoms with Crippen LogP contribution in [0.1, 0.15) is 36.8 Å². The molecule has 3 rings (SSSR count). The first-order valence-electron chi connectivity index (χ1n) is 6.90. The van der Waals surface area contributed by atoms with Gasteiger partial charge in [-0.3, -0.25) is 4.90 Å². The summed E-state index contributed by atoms with van der Waals surface area (Å²) in [6.07, 6.45) is 5.06. The molecule has 0 aliphatic carbocycles. The topological polar surface area (TPSA) is 29.3 Å². The number of hydrogen-bond acceptors (Lipinski definition) is 2. The smallest absolute Gasteiger partial charge is 0.0239 e. The van der Waals surface area contributed by atoms with Crippen molar-refractivity contribution in [1.82, 2.24) is 4.90 Å². The Hall–Kier alpha value is -0.380. The summed E-state index contributed by atoms with van der Waals surface area (Å²) in [6.45, 7) is 3.25. The molecule has 98 valence electrons. The van der Waals surface area contributed by atoms with Gasteiger partial charge in [-0.25, -0.2) is 0 Å². The summed E-state index contributed by atoms with van der Waals surface area (Å²) in [7, 11) is 0. The van der Waals surface area contributed by atoms with Crippen LogP contribution >= 0.6 is 15.9 Å². The molecule has 2 atom stereocenters. The third kappa shape index (κ3) is 2.36. The normalized spacial score (nSPS) is 31.8. The van der Waals surface area contributed by atoms with Crippen molar-refractivity contribution in [2.24, 2.45) is 5.73 Å². The predicted octanol–water partition coefficient (Wildman–Crippen LogP) is 3.21. The zero-order valence-electron chi connectivity index (χ0n) is 10.9. The fourth-order valence-corrected chi connectivity index (χ4v) is 3.84. The predicted molar refractivity (Wildman–Crippen MR) is 78.4 cm³/mol. The van der Waals surface area contributed by atoms with Crippen molar-refractivity contribution in [3.63, 3.8) is 0 Å². The highest BCUT2D eigenvalue weighted by molar-refractivity contribution is 9.10. The van der Waals surface area contributed by atoms with Gasteiger partial charge < -0.3 is 5.73 Å². The Morgan fingerprint density at radius 2 is 1.94 bits per heavy atom. The maximum Gasteiger partial charge on any atom is 0.0239 e. The molecule has 3 heteroatoms. The molecular weight excluding hydrogens is 288 g/mol. The van der Waals surface area contributed by atoms with Gasteiger partial charge in [0.1, 0.15) is 0 Å². The van der Waals surface area contributed by atoms with E-state index in [-0.39, 0.29) is 0 Å². The summed E-state index contributed by atoms with van der Waals surface area (Å²) < 4.78 is 1.20. The molecule has 2 aliphatic heterocycles. The second kappa shape index (κ2) is 4.95. The van der Waals surface area contributed by atoms with Crippen molar-refractivity contribution in [1.29, 1.82) is 0 Å². The van der Waals surface area contributed by atoms with Crippen molar-refractivity contribution >= 4 is 15.9 Å². The Kier molecular flexibility index (Phi) is 3.48. The summed E-state index contributed by atoms with van der Waals surface area (Å²) in [4.78, 5) is 2.69. The first-order chi connectivity index (χ1) is 8.63. The molecule has 2 unspecified atom stereocenters. The Bertz CT molecular complexity index is 432. The van der Waals surface area contributed by atoms with Crippen molar-refractivity contribution in [3.05, 3.63) is 33.8 Å². The molecule has 0 spiro atoms. The molecule has 2 nitrogen and oxygen atoms in total. The molecule has 2 heterocycles. The summed E-state index contributed by atoms with van der Waals surface area (Å²) in [5.74, 6) is 0. The average molecular weight is 309 g/mol. The molecule has 2 aliphatic rings. The Labute approximate surface area is 118 Å². The van der Waals surface area contributed by atoms with E-state index in [1.54, 1.807) is 0 Å². The Morgan fingerprint density at radius 1 is 1.28 bits per heavy atom. The standard InChI is InChI=1S/C15H21BrN2/c1-10-6-11(2-5-15(10)16)9-18-13-3-4-14(18)8-12(17)7-13/h2,5-6,12-14H,3-4,7-9,17H2,1H3. The summed E-state index contributed by atoms with van der Waals surface area (Å²) in [5, 5.41) is 0. The lowest BCUT2D eigenvalue weighted by molar-refractivity contribution is 0.120. The molecule has 2 fully saturated rings. The number of halogens is 1. The highest BCUT2D eigenvalue weighted by Gasteiger charge is 2.39. The number of nitrogens with zero attached hydrogens (tertiary/aromatic N) is 1.